The highest BCUT2D eigenvalue weighted by Crippen LogP contribution is 2.40. The number of hydrogen-bond donors (Lipinski definition) is 1. The van der Waals surface area contributed by atoms with E-state index in [2.05, 4.69) is 17.4 Å². The summed E-state index contributed by atoms with van der Waals surface area (Å²) in [6.07, 6.45) is 7.72. The van der Waals surface area contributed by atoms with Crippen molar-refractivity contribution in [1.29, 1.82) is 0 Å². The van der Waals surface area contributed by atoms with E-state index in [-0.39, 0.29) is 0 Å². The van der Waals surface area contributed by atoms with Crippen LogP contribution in [-0.4, -0.2) is 26.3 Å². The highest BCUT2D eigenvalue weighted by molar-refractivity contribution is 5.48. The van der Waals surface area contributed by atoms with E-state index >= 15 is 0 Å². The second kappa shape index (κ2) is 6.49. The molecule has 20 heavy (non-hydrogen) atoms. The van der Waals surface area contributed by atoms with Crippen molar-refractivity contribution in [3.8, 4) is 11.5 Å². The highest BCUT2D eigenvalue weighted by Gasteiger charge is 2.24. The van der Waals surface area contributed by atoms with Gasteiger partial charge in [-0.15, -0.1) is 0 Å². The first kappa shape index (κ1) is 13.7. The maximum absolute atomic E-state index is 6.34. The summed E-state index contributed by atoms with van der Waals surface area (Å²) in [6.45, 7) is 2.20. The van der Waals surface area contributed by atoms with Gasteiger partial charge in [-0.3, -0.25) is 0 Å². The molecule has 2 aliphatic rings. The summed E-state index contributed by atoms with van der Waals surface area (Å²) in [5.41, 5.74) is 1.35. The molecule has 3 heteroatoms. The van der Waals surface area contributed by atoms with E-state index in [1.165, 1.54) is 44.1 Å². The van der Waals surface area contributed by atoms with Crippen molar-refractivity contribution in [1.82, 2.24) is 5.32 Å². The van der Waals surface area contributed by atoms with Gasteiger partial charge in [0, 0.05) is 5.56 Å². The fraction of sp³-hybridized carbons (Fsp3) is 0.647. The zero-order valence-electron chi connectivity index (χ0n) is 12.4. The fourth-order valence-corrected chi connectivity index (χ4v) is 3.45. The molecule has 0 radical (unpaired) electrons. The molecule has 1 heterocycles. The molecule has 0 amide bonds. The molecule has 1 saturated carbocycles. The van der Waals surface area contributed by atoms with Crippen LogP contribution >= 0.6 is 0 Å². The van der Waals surface area contributed by atoms with Crippen LogP contribution in [0.25, 0.3) is 0 Å². The highest BCUT2D eigenvalue weighted by atomic mass is 16.5. The topological polar surface area (TPSA) is 30.5 Å². The number of nitrogens with one attached hydrogen (secondary N) is 1. The van der Waals surface area contributed by atoms with Crippen LogP contribution in [-0.2, 0) is 0 Å². The van der Waals surface area contributed by atoms with Gasteiger partial charge in [0.1, 0.15) is 0 Å². The Labute approximate surface area is 121 Å². The van der Waals surface area contributed by atoms with E-state index in [0.717, 1.165) is 24.6 Å². The zero-order valence-corrected chi connectivity index (χ0v) is 12.4. The molecule has 1 N–H and O–H groups in total. The van der Waals surface area contributed by atoms with E-state index in [4.69, 9.17) is 9.47 Å². The minimum absolute atomic E-state index is 0.381. The Morgan fingerprint density at radius 1 is 1.05 bits per heavy atom. The molecule has 0 atom stereocenters. The molecule has 1 saturated heterocycles. The van der Waals surface area contributed by atoms with Gasteiger partial charge in [-0.1, -0.05) is 12.1 Å². The molecule has 1 aromatic rings. The molecule has 1 aromatic carbocycles. The Kier molecular flexibility index (Phi) is 4.46. The summed E-state index contributed by atoms with van der Waals surface area (Å²) >= 11 is 0. The zero-order chi connectivity index (χ0) is 13.8. The van der Waals surface area contributed by atoms with Gasteiger partial charge in [0.15, 0.2) is 11.5 Å². The largest absolute Gasteiger partial charge is 0.493 e. The number of ether oxygens (including phenoxy) is 2. The first-order valence-corrected chi connectivity index (χ1v) is 7.92. The van der Waals surface area contributed by atoms with Crippen LogP contribution in [0.15, 0.2) is 18.2 Å². The Hall–Kier alpha value is -1.22. The second-order valence-corrected chi connectivity index (χ2v) is 5.93. The Morgan fingerprint density at radius 2 is 1.80 bits per heavy atom. The van der Waals surface area contributed by atoms with Gasteiger partial charge < -0.3 is 14.8 Å². The summed E-state index contributed by atoms with van der Waals surface area (Å²) in [4.78, 5) is 0. The van der Waals surface area contributed by atoms with Crippen LogP contribution in [0, 0.1) is 0 Å². The van der Waals surface area contributed by atoms with Crippen molar-refractivity contribution >= 4 is 0 Å². The lowest BCUT2D eigenvalue weighted by molar-refractivity contribution is 0.196. The number of hydrogen-bond acceptors (Lipinski definition) is 3. The minimum atomic E-state index is 0.381. The summed E-state index contributed by atoms with van der Waals surface area (Å²) < 4.78 is 11.9. The first-order valence-electron chi connectivity index (χ1n) is 7.92. The van der Waals surface area contributed by atoms with E-state index < -0.39 is 0 Å². The second-order valence-electron chi connectivity index (χ2n) is 5.93. The predicted molar refractivity (Wildman–Crippen MR) is 80.7 cm³/mol. The van der Waals surface area contributed by atoms with E-state index in [0.29, 0.717) is 12.0 Å². The Bertz CT molecular complexity index is 435. The van der Waals surface area contributed by atoms with Crippen LogP contribution in [0.2, 0.25) is 0 Å². The lowest BCUT2D eigenvalue weighted by Gasteiger charge is -2.27. The van der Waals surface area contributed by atoms with Gasteiger partial charge in [-0.2, -0.15) is 0 Å². The Morgan fingerprint density at radius 3 is 2.50 bits per heavy atom. The SMILES string of the molecule is COc1cccc(C2CCNCC2)c1OC1CCCC1. The van der Waals surface area contributed by atoms with Gasteiger partial charge in [-0.05, 0) is 63.6 Å². The molecule has 0 bridgehead atoms. The normalized spacial score (nSPS) is 21.1. The number of benzene rings is 1. The van der Waals surface area contributed by atoms with Crippen molar-refractivity contribution in [2.24, 2.45) is 0 Å². The lowest BCUT2D eigenvalue weighted by Crippen LogP contribution is -2.27. The first-order chi connectivity index (χ1) is 9.88. The number of rotatable bonds is 4. The van der Waals surface area contributed by atoms with Crippen LogP contribution < -0.4 is 14.8 Å². The number of piperidine rings is 1. The van der Waals surface area contributed by atoms with Crippen molar-refractivity contribution in [2.45, 2.75) is 50.5 Å². The van der Waals surface area contributed by atoms with Crippen LogP contribution in [0.3, 0.4) is 0 Å². The molecule has 110 valence electrons. The third-order valence-corrected chi connectivity index (χ3v) is 4.59. The third kappa shape index (κ3) is 2.93. The molecule has 2 fully saturated rings. The average molecular weight is 275 g/mol. The summed E-state index contributed by atoms with van der Waals surface area (Å²) in [7, 11) is 1.74. The molecule has 3 rings (SSSR count). The quantitative estimate of drug-likeness (QED) is 0.912. The monoisotopic (exact) mass is 275 g/mol. The fourth-order valence-electron chi connectivity index (χ4n) is 3.45. The maximum atomic E-state index is 6.34. The molecular formula is C17H25NO2. The minimum Gasteiger partial charge on any atom is -0.493 e. The van der Waals surface area contributed by atoms with Crippen LogP contribution in [0.1, 0.15) is 50.0 Å². The van der Waals surface area contributed by atoms with E-state index in [1.807, 2.05) is 6.07 Å². The van der Waals surface area contributed by atoms with Crippen molar-refractivity contribution in [3.05, 3.63) is 23.8 Å². The van der Waals surface area contributed by atoms with E-state index in [1.54, 1.807) is 7.11 Å². The molecule has 1 aliphatic heterocycles. The summed E-state index contributed by atoms with van der Waals surface area (Å²) in [5, 5.41) is 3.43. The standard InChI is InChI=1S/C17H25NO2/c1-19-16-8-4-7-15(13-9-11-18-12-10-13)17(16)20-14-5-2-3-6-14/h4,7-8,13-14,18H,2-3,5-6,9-12H2,1H3. The van der Waals surface area contributed by atoms with Crippen molar-refractivity contribution in [3.63, 3.8) is 0 Å². The van der Waals surface area contributed by atoms with Crippen LogP contribution in [0.4, 0.5) is 0 Å². The van der Waals surface area contributed by atoms with E-state index in [9.17, 15) is 0 Å². The predicted octanol–water partition coefficient (Wildman–Crippen LogP) is 3.48. The average Bonchev–Trinajstić information content (AvgIpc) is 3.01. The van der Waals surface area contributed by atoms with Gasteiger partial charge in [0.2, 0.25) is 0 Å². The molecule has 1 aliphatic carbocycles. The molecule has 0 aromatic heterocycles. The molecule has 3 nitrogen and oxygen atoms in total. The molecule has 0 spiro atoms. The molecular weight excluding hydrogens is 250 g/mol. The lowest BCUT2D eigenvalue weighted by atomic mass is 9.89. The van der Waals surface area contributed by atoms with Crippen molar-refractivity contribution in [2.75, 3.05) is 20.2 Å². The van der Waals surface area contributed by atoms with Crippen molar-refractivity contribution < 1.29 is 9.47 Å². The number of para-hydroxylation sites is 1. The Balaban J connectivity index is 1.86. The number of methoxy groups -OCH3 is 1. The van der Waals surface area contributed by atoms with Gasteiger partial charge >= 0.3 is 0 Å². The van der Waals surface area contributed by atoms with Gasteiger partial charge in [0.05, 0.1) is 13.2 Å². The van der Waals surface area contributed by atoms with Gasteiger partial charge in [0.25, 0.3) is 0 Å². The summed E-state index contributed by atoms with van der Waals surface area (Å²) in [6, 6.07) is 6.34. The third-order valence-electron chi connectivity index (χ3n) is 4.59. The summed E-state index contributed by atoms with van der Waals surface area (Å²) in [5.74, 6) is 2.50. The van der Waals surface area contributed by atoms with Gasteiger partial charge in [-0.25, -0.2) is 0 Å². The van der Waals surface area contributed by atoms with Crippen LogP contribution in [0.5, 0.6) is 11.5 Å². The molecule has 0 unspecified atom stereocenters. The smallest absolute Gasteiger partial charge is 0.165 e. The maximum Gasteiger partial charge on any atom is 0.165 e.